The van der Waals surface area contributed by atoms with Gasteiger partial charge in [0.05, 0.1) is 5.69 Å². The summed E-state index contributed by atoms with van der Waals surface area (Å²) >= 11 is 0. The fraction of sp³-hybridized carbons (Fsp3) is 0.0909. The second kappa shape index (κ2) is 3.38. The lowest BCUT2D eigenvalue weighted by Crippen LogP contribution is -1.95. The summed E-state index contributed by atoms with van der Waals surface area (Å²) in [4.78, 5) is 0. The number of anilines is 1. The molecule has 0 amide bonds. The Hall–Kier alpha value is -1.84. The van der Waals surface area contributed by atoms with E-state index in [1.165, 1.54) is 25.2 Å². The van der Waals surface area contributed by atoms with Crippen LogP contribution < -0.4 is 5.32 Å². The lowest BCUT2D eigenvalue weighted by molar-refractivity contribution is 0.475. The molecule has 0 aliphatic carbocycles. The Morgan fingerprint density at radius 3 is 2.53 bits per heavy atom. The third kappa shape index (κ3) is 1.48. The van der Waals surface area contributed by atoms with E-state index in [0.717, 1.165) is 6.07 Å². The minimum absolute atomic E-state index is 0.0755. The number of rotatable bonds is 1. The predicted octanol–water partition coefficient (Wildman–Crippen LogP) is 2.87. The van der Waals surface area contributed by atoms with Crippen LogP contribution in [0.2, 0.25) is 0 Å². The molecule has 0 saturated heterocycles. The summed E-state index contributed by atoms with van der Waals surface area (Å²) in [7, 11) is 1.52. The summed E-state index contributed by atoms with van der Waals surface area (Å²) in [6.07, 6.45) is 0. The van der Waals surface area contributed by atoms with Crippen molar-refractivity contribution in [3.63, 3.8) is 0 Å². The molecular weight excluding hydrogens is 200 g/mol. The van der Waals surface area contributed by atoms with Gasteiger partial charge in [-0.3, -0.25) is 0 Å². The topological polar surface area (TPSA) is 32.3 Å². The van der Waals surface area contributed by atoms with E-state index in [4.69, 9.17) is 5.11 Å². The summed E-state index contributed by atoms with van der Waals surface area (Å²) in [6.45, 7) is 0. The molecule has 0 aliphatic heterocycles. The highest BCUT2D eigenvalue weighted by Gasteiger charge is 2.11. The molecule has 0 bridgehead atoms. The summed E-state index contributed by atoms with van der Waals surface area (Å²) in [6, 6.07) is 4.94. The molecule has 78 valence electrons. The minimum atomic E-state index is -0.563. The summed E-state index contributed by atoms with van der Waals surface area (Å²) in [5, 5.41) is 12.0. The van der Waals surface area contributed by atoms with Crippen LogP contribution in [0, 0.1) is 11.6 Å². The largest absolute Gasteiger partial charge is 0.508 e. The van der Waals surface area contributed by atoms with Crippen molar-refractivity contribution in [3.05, 3.63) is 35.9 Å². The zero-order valence-corrected chi connectivity index (χ0v) is 8.01. The number of nitrogens with one attached hydrogen (secondary N) is 1. The predicted molar refractivity (Wildman–Crippen MR) is 55.1 cm³/mol. The molecule has 2 aromatic rings. The van der Waals surface area contributed by atoms with Crippen molar-refractivity contribution in [1.82, 2.24) is 0 Å². The molecule has 15 heavy (non-hydrogen) atoms. The molecule has 0 saturated carbocycles. The highest BCUT2D eigenvalue weighted by atomic mass is 19.1. The van der Waals surface area contributed by atoms with Gasteiger partial charge in [-0.05, 0) is 18.2 Å². The Labute approximate surface area is 85.2 Å². The van der Waals surface area contributed by atoms with Crippen LogP contribution in [0.5, 0.6) is 5.75 Å². The van der Waals surface area contributed by atoms with Crippen LogP contribution in [0.3, 0.4) is 0 Å². The second-order valence-corrected chi connectivity index (χ2v) is 3.20. The maximum atomic E-state index is 13.7. The molecule has 0 heterocycles. The first-order valence-electron chi connectivity index (χ1n) is 4.42. The number of phenolic OH excluding ortho intramolecular Hbond substituents is 1. The number of fused-ring (bicyclic) bond motifs is 1. The van der Waals surface area contributed by atoms with Gasteiger partial charge in [-0.25, -0.2) is 8.78 Å². The molecule has 0 atom stereocenters. The molecule has 2 nitrogen and oxygen atoms in total. The van der Waals surface area contributed by atoms with Crippen LogP contribution >= 0.6 is 0 Å². The van der Waals surface area contributed by atoms with Gasteiger partial charge in [0.15, 0.2) is 5.82 Å². The van der Waals surface area contributed by atoms with Crippen molar-refractivity contribution in [1.29, 1.82) is 0 Å². The molecule has 2 rings (SSSR count). The third-order valence-corrected chi connectivity index (χ3v) is 2.27. The Kier molecular flexibility index (Phi) is 2.19. The number of phenols is 1. The van der Waals surface area contributed by atoms with Gasteiger partial charge in [-0.2, -0.15) is 0 Å². The Morgan fingerprint density at radius 1 is 1.13 bits per heavy atom. The van der Waals surface area contributed by atoms with Crippen molar-refractivity contribution in [2.75, 3.05) is 12.4 Å². The zero-order valence-electron chi connectivity index (χ0n) is 8.01. The van der Waals surface area contributed by atoms with E-state index in [2.05, 4.69) is 5.32 Å². The van der Waals surface area contributed by atoms with E-state index in [9.17, 15) is 8.78 Å². The molecule has 0 spiro atoms. The first-order chi connectivity index (χ1) is 7.13. The third-order valence-electron chi connectivity index (χ3n) is 2.27. The number of hydrogen-bond acceptors (Lipinski definition) is 2. The quantitative estimate of drug-likeness (QED) is 0.756. The fourth-order valence-corrected chi connectivity index (χ4v) is 1.52. The average Bonchev–Trinajstić information content (AvgIpc) is 2.23. The minimum Gasteiger partial charge on any atom is -0.508 e. The maximum absolute atomic E-state index is 13.7. The smallest absolute Gasteiger partial charge is 0.154 e. The number of hydrogen-bond donors (Lipinski definition) is 2. The van der Waals surface area contributed by atoms with E-state index in [0.29, 0.717) is 0 Å². The van der Waals surface area contributed by atoms with Gasteiger partial charge in [0.1, 0.15) is 11.6 Å². The first-order valence-corrected chi connectivity index (χ1v) is 4.42. The van der Waals surface area contributed by atoms with Gasteiger partial charge in [0, 0.05) is 23.9 Å². The second-order valence-electron chi connectivity index (χ2n) is 3.20. The Morgan fingerprint density at radius 2 is 1.87 bits per heavy atom. The number of halogens is 2. The lowest BCUT2D eigenvalue weighted by Gasteiger charge is -2.07. The van der Waals surface area contributed by atoms with Gasteiger partial charge in [-0.1, -0.05) is 0 Å². The monoisotopic (exact) mass is 209 g/mol. The van der Waals surface area contributed by atoms with Gasteiger partial charge >= 0.3 is 0 Å². The van der Waals surface area contributed by atoms with E-state index < -0.39 is 11.6 Å². The van der Waals surface area contributed by atoms with Gasteiger partial charge < -0.3 is 10.4 Å². The molecule has 0 unspecified atom stereocenters. The van der Waals surface area contributed by atoms with E-state index in [1.807, 2.05) is 0 Å². The van der Waals surface area contributed by atoms with Gasteiger partial charge in [0.25, 0.3) is 0 Å². The maximum Gasteiger partial charge on any atom is 0.154 e. The standard InChI is InChI=1S/C11H9F2NO/c1-14-10-5-9(12)8-4-6(15)2-3-7(8)11(10)13/h2-5,14-15H,1H3. The van der Waals surface area contributed by atoms with Crippen molar-refractivity contribution in [2.24, 2.45) is 0 Å². The van der Waals surface area contributed by atoms with Crippen molar-refractivity contribution in [2.45, 2.75) is 0 Å². The van der Waals surface area contributed by atoms with E-state index >= 15 is 0 Å². The Balaban J connectivity index is 2.87. The number of benzene rings is 2. The molecule has 0 aromatic heterocycles. The summed E-state index contributed by atoms with van der Waals surface area (Å²) in [5.74, 6) is -1.17. The highest BCUT2D eigenvalue weighted by molar-refractivity contribution is 5.88. The van der Waals surface area contributed by atoms with Crippen molar-refractivity contribution >= 4 is 16.5 Å². The van der Waals surface area contributed by atoms with Crippen LogP contribution in [0.15, 0.2) is 24.3 Å². The highest BCUT2D eigenvalue weighted by Crippen LogP contribution is 2.29. The molecule has 4 heteroatoms. The van der Waals surface area contributed by atoms with Crippen LogP contribution in [-0.4, -0.2) is 12.2 Å². The zero-order chi connectivity index (χ0) is 11.0. The average molecular weight is 209 g/mol. The Bertz CT molecular complexity index is 525. The molecule has 0 aliphatic rings. The molecular formula is C11H9F2NO. The fourth-order valence-electron chi connectivity index (χ4n) is 1.52. The SMILES string of the molecule is CNc1cc(F)c2cc(O)ccc2c1F. The van der Waals surface area contributed by atoms with Crippen LogP contribution in [0.4, 0.5) is 14.5 Å². The first kappa shape index (κ1) is 9.71. The normalized spacial score (nSPS) is 10.6. The van der Waals surface area contributed by atoms with E-state index in [1.54, 1.807) is 0 Å². The van der Waals surface area contributed by atoms with Crippen molar-refractivity contribution < 1.29 is 13.9 Å². The van der Waals surface area contributed by atoms with Gasteiger partial charge in [0.2, 0.25) is 0 Å². The van der Waals surface area contributed by atoms with Crippen LogP contribution in [0.25, 0.3) is 10.8 Å². The number of aromatic hydroxyl groups is 1. The molecule has 2 aromatic carbocycles. The summed E-state index contributed by atoms with van der Waals surface area (Å²) in [5.41, 5.74) is 0.102. The lowest BCUT2D eigenvalue weighted by atomic mass is 10.1. The molecule has 2 N–H and O–H groups in total. The van der Waals surface area contributed by atoms with E-state index in [-0.39, 0.29) is 22.2 Å². The van der Waals surface area contributed by atoms with Crippen LogP contribution in [-0.2, 0) is 0 Å². The van der Waals surface area contributed by atoms with Crippen LogP contribution in [0.1, 0.15) is 0 Å². The molecule has 0 radical (unpaired) electrons. The van der Waals surface area contributed by atoms with Gasteiger partial charge in [-0.15, -0.1) is 0 Å². The summed E-state index contributed by atoms with van der Waals surface area (Å²) < 4.78 is 27.1. The van der Waals surface area contributed by atoms with Crippen molar-refractivity contribution in [3.8, 4) is 5.75 Å². The molecule has 0 fully saturated rings.